The molecule has 2 saturated heterocycles. The van der Waals surface area contributed by atoms with Gasteiger partial charge in [0.1, 0.15) is 42.7 Å². The SMILES string of the molecule is CO.OCC1OC(C#Cc2ccc(C#CC3OC(CO)[C@@H](O)CC3O)c(-c3ccccc3)c2)C(O)C(O)[C@@H]1O. The zero-order valence-corrected chi connectivity index (χ0v) is 21.3. The third-order valence-corrected chi connectivity index (χ3v) is 6.47. The van der Waals surface area contributed by atoms with E-state index in [9.17, 15) is 35.7 Å². The molecule has 0 aromatic heterocycles. The lowest BCUT2D eigenvalue weighted by molar-refractivity contribution is -0.214. The van der Waals surface area contributed by atoms with Crippen molar-refractivity contribution in [2.45, 2.75) is 61.4 Å². The highest BCUT2D eigenvalue weighted by molar-refractivity contribution is 5.73. The number of hydrogen-bond donors (Lipinski definition) is 8. The molecule has 2 fully saturated rings. The highest BCUT2D eigenvalue weighted by Gasteiger charge is 2.42. The molecular weight excluding hydrogens is 508 g/mol. The van der Waals surface area contributed by atoms with Crippen LogP contribution in [-0.4, -0.2) is 116 Å². The predicted octanol–water partition coefficient (Wildman–Crippen LogP) is -1.62. The second-order valence-electron chi connectivity index (χ2n) is 9.06. The van der Waals surface area contributed by atoms with Crippen LogP contribution in [-0.2, 0) is 9.47 Å². The summed E-state index contributed by atoms with van der Waals surface area (Å²) in [5.41, 5.74) is 2.81. The van der Waals surface area contributed by atoms with Crippen molar-refractivity contribution in [1.29, 1.82) is 0 Å². The van der Waals surface area contributed by atoms with Gasteiger partial charge in [-0.2, -0.15) is 0 Å². The highest BCUT2D eigenvalue weighted by Crippen LogP contribution is 2.26. The molecule has 7 unspecified atom stereocenters. The van der Waals surface area contributed by atoms with Gasteiger partial charge in [-0.15, -0.1) is 0 Å². The molecule has 2 aromatic rings. The summed E-state index contributed by atoms with van der Waals surface area (Å²) in [6.07, 6.45) is -10.2. The Balaban J connectivity index is 0.00000205. The van der Waals surface area contributed by atoms with E-state index in [2.05, 4.69) is 23.7 Å². The molecule has 10 nitrogen and oxygen atoms in total. The number of rotatable bonds is 3. The molecular formula is C29H34O10. The Morgan fingerprint density at radius 3 is 2.03 bits per heavy atom. The van der Waals surface area contributed by atoms with Crippen LogP contribution >= 0.6 is 0 Å². The van der Waals surface area contributed by atoms with Crippen LogP contribution in [0.3, 0.4) is 0 Å². The van der Waals surface area contributed by atoms with Gasteiger partial charge in [-0.25, -0.2) is 0 Å². The fraction of sp³-hybridized carbons (Fsp3) is 0.448. The minimum atomic E-state index is -1.51. The Labute approximate surface area is 226 Å². The normalized spacial score (nSPS) is 32.0. The van der Waals surface area contributed by atoms with E-state index in [1.165, 1.54) is 0 Å². The summed E-state index contributed by atoms with van der Waals surface area (Å²) in [6, 6.07) is 14.7. The van der Waals surface area contributed by atoms with Gasteiger partial charge in [0, 0.05) is 24.7 Å². The second-order valence-corrected chi connectivity index (χ2v) is 9.06. The third-order valence-electron chi connectivity index (χ3n) is 6.47. The zero-order valence-electron chi connectivity index (χ0n) is 21.3. The molecule has 39 heavy (non-hydrogen) atoms. The van der Waals surface area contributed by atoms with Crippen LogP contribution in [0.5, 0.6) is 0 Å². The molecule has 0 spiro atoms. The van der Waals surface area contributed by atoms with Crippen molar-refractivity contribution in [3.63, 3.8) is 0 Å². The van der Waals surface area contributed by atoms with E-state index in [4.69, 9.17) is 14.6 Å². The van der Waals surface area contributed by atoms with Gasteiger partial charge < -0.3 is 50.3 Å². The molecule has 2 heterocycles. The average molecular weight is 543 g/mol. The molecule has 9 atom stereocenters. The number of aliphatic hydroxyl groups excluding tert-OH is 8. The Hall–Kier alpha value is -2.84. The molecule has 0 radical (unpaired) electrons. The van der Waals surface area contributed by atoms with Crippen molar-refractivity contribution >= 4 is 0 Å². The first kappa shape index (κ1) is 30.7. The second kappa shape index (κ2) is 14.5. The first-order valence-corrected chi connectivity index (χ1v) is 12.4. The first-order chi connectivity index (χ1) is 18.8. The first-order valence-electron chi connectivity index (χ1n) is 12.4. The van der Waals surface area contributed by atoms with Crippen molar-refractivity contribution in [2.75, 3.05) is 20.3 Å². The summed E-state index contributed by atoms with van der Waals surface area (Å²) in [6.45, 7) is -0.921. The molecule has 10 heteroatoms. The van der Waals surface area contributed by atoms with Crippen molar-refractivity contribution in [3.8, 4) is 34.8 Å². The molecule has 0 amide bonds. The van der Waals surface area contributed by atoms with Gasteiger partial charge in [0.15, 0.2) is 0 Å². The molecule has 2 aliphatic rings. The number of hydrogen-bond acceptors (Lipinski definition) is 10. The Bertz CT molecular complexity index is 1180. The highest BCUT2D eigenvalue weighted by atomic mass is 16.5. The summed E-state index contributed by atoms with van der Waals surface area (Å²) in [7, 11) is 1.00. The van der Waals surface area contributed by atoms with E-state index in [0.717, 1.165) is 18.2 Å². The Morgan fingerprint density at radius 1 is 0.718 bits per heavy atom. The van der Waals surface area contributed by atoms with Gasteiger partial charge in [0.05, 0.1) is 25.4 Å². The summed E-state index contributed by atoms with van der Waals surface area (Å²) in [4.78, 5) is 0. The molecule has 4 rings (SSSR count). The molecule has 0 bridgehead atoms. The predicted molar refractivity (Wildman–Crippen MR) is 140 cm³/mol. The van der Waals surface area contributed by atoms with Crippen molar-refractivity contribution in [3.05, 3.63) is 59.7 Å². The summed E-state index contributed by atoms with van der Waals surface area (Å²) in [5, 5.41) is 76.2. The van der Waals surface area contributed by atoms with E-state index in [1.807, 2.05) is 30.3 Å². The summed E-state index contributed by atoms with van der Waals surface area (Å²) < 4.78 is 11.0. The van der Waals surface area contributed by atoms with Crippen LogP contribution in [0.2, 0.25) is 0 Å². The third kappa shape index (κ3) is 7.42. The van der Waals surface area contributed by atoms with Gasteiger partial charge in [0.2, 0.25) is 0 Å². The maximum atomic E-state index is 10.3. The number of benzene rings is 2. The van der Waals surface area contributed by atoms with Crippen molar-refractivity contribution < 1.29 is 50.3 Å². The van der Waals surface area contributed by atoms with E-state index in [-0.39, 0.29) is 13.0 Å². The van der Waals surface area contributed by atoms with Crippen molar-refractivity contribution in [2.24, 2.45) is 0 Å². The molecule has 2 aliphatic heterocycles. The fourth-order valence-electron chi connectivity index (χ4n) is 4.30. The van der Waals surface area contributed by atoms with E-state index in [1.54, 1.807) is 18.2 Å². The van der Waals surface area contributed by atoms with Gasteiger partial charge >= 0.3 is 0 Å². The van der Waals surface area contributed by atoms with Crippen molar-refractivity contribution in [1.82, 2.24) is 0 Å². The lowest BCUT2D eigenvalue weighted by Gasteiger charge is -2.37. The smallest absolute Gasteiger partial charge is 0.147 e. The van der Waals surface area contributed by atoms with Crippen LogP contribution in [0.15, 0.2) is 48.5 Å². The van der Waals surface area contributed by atoms with E-state index < -0.39 is 61.5 Å². The summed E-state index contributed by atoms with van der Waals surface area (Å²) >= 11 is 0. The van der Waals surface area contributed by atoms with Crippen LogP contribution in [0.1, 0.15) is 17.5 Å². The maximum absolute atomic E-state index is 10.3. The minimum Gasteiger partial charge on any atom is -0.400 e. The maximum Gasteiger partial charge on any atom is 0.147 e. The molecule has 0 saturated carbocycles. The zero-order chi connectivity index (χ0) is 28.5. The van der Waals surface area contributed by atoms with Gasteiger partial charge in [0.25, 0.3) is 0 Å². The van der Waals surface area contributed by atoms with Gasteiger partial charge in [-0.3, -0.25) is 0 Å². The van der Waals surface area contributed by atoms with Crippen LogP contribution in [0.4, 0.5) is 0 Å². The van der Waals surface area contributed by atoms with E-state index in [0.29, 0.717) is 11.1 Å². The lowest BCUT2D eigenvalue weighted by Crippen LogP contribution is -2.58. The Morgan fingerprint density at radius 2 is 1.36 bits per heavy atom. The fourth-order valence-corrected chi connectivity index (χ4v) is 4.30. The largest absolute Gasteiger partial charge is 0.400 e. The quantitative estimate of drug-likeness (QED) is 0.210. The molecule has 210 valence electrons. The Kier molecular flexibility index (Phi) is 11.4. The topological polar surface area (TPSA) is 180 Å². The standard InChI is InChI=1S/C28H30O9.CH4O/c29-14-24-21(32)13-20(31)22(36-24)11-9-18-8-6-16(12-19(18)17-4-2-1-3-5-17)7-10-23-26(33)28(35)27(34)25(15-30)37-23;1-2/h1-6,8,12,20-35H,13-15H2;2H,1H3/t20?,21-,22?,23?,24?,25?,26?,27+,28?;/m0./s1. The van der Waals surface area contributed by atoms with Gasteiger partial charge in [-0.1, -0.05) is 54.0 Å². The lowest BCUT2D eigenvalue weighted by atomic mass is 9.94. The molecule has 2 aromatic carbocycles. The molecule has 0 aliphatic carbocycles. The van der Waals surface area contributed by atoms with Crippen LogP contribution in [0, 0.1) is 23.7 Å². The summed E-state index contributed by atoms with van der Waals surface area (Å²) in [5.74, 6) is 11.6. The number of ether oxygens (including phenoxy) is 2. The monoisotopic (exact) mass is 542 g/mol. The van der Waals surface area contributed by atoms with Gasteiger partial charge in [-0.05, 0) is 29.3 Å². The van der Waals surface area contributed by atoms with Crippen LogP contribution in [0.25, 0.3) is 11.1 Å². The van der Waals surface area contributed by atoms with E-state index >= 15 is 0 Å². The minimum absolute atomic E-state index is 0.0442. The number of aliphatic hydroxyl groups is 8. The molecule has 8 N–H and O–H groups in total. The van der Waals surface area contributed by atoms with Crippen LogP contribution < -0.4 is 0 Å². The average Bonchev–Trinajstić information content (AvgIpc) is 2.97.